The first-order chi connectivity index (χ1) is 9.58. The van der Waals surface area contributed by atoms with Crippen molar-refractivity contribution in [3.8, 4) is 0 Å². The van der Waals surface area contributed by atoms with Crippen LogP contribution in [-0.4, -0.2) is 11.5 Å². The van der Waals surface area contributed by atoms with Crippen LogP contribution in [0.5, 0.6) is 0 Å². The van der Waals surface area contributed by atoms with Crippen molar-refractivity contribution in [2.45, 2.75) is 44.2 Å². The average Bonchev–Trinajstić information content (AvgIpc) is 2.83. The molecule has 3 atom stereocenters. The van der Waals surface area contributed by atoms with E-state index in [4.69, 9.17) is 10.5 Å². The van der Waals surface area contributed by atoms with Gasteiger partial charge in [-0.15, -0.1) is 6.58 Å². The van der Waals surface area contributed by atoms with Crippen LogP contribution < -0.4 is 5.73 Å². The third kappa shape index (κ3) is 2.93. The van der Waals surface area contributed by atoms with Crippen molar-refractivity contribution in [3.05, 3.63) is 48.6 Å². The summed E-state index contributed by atoms with van der Waals surface area (Å²) in [5, 5.41) is 0. The van der Waals surface area contributed by atoms with Crippen LogP contribution in [0.4, 0.5) is 0 Å². The fourth-order valence-electron chi connectivity index (χ4n) is 2.96. The summed E-state index contributed by atoms with van der Waals surface area (Å²) in [7, 11) is 0. The van der Waals surface area contributed by atoms with Gasteiger partial charge in [0.1, 0.15) is 11.6 Å². The van der Waals surface area contributed by atoms with E-state index in [1.54, 1.807) is 0 Å². The maximum atomic E-state index is 12.5. The van der Waals surface area contributed by atoms with E-state index in [-0.39, 0.29) is 18.0 Å². The molecule has 2 rings (SSSR count). The van der Waals surface area contributed by atoms with E-state index < -0.39 is 5.54 Å². The SMILES string of the molecule is C=CC[C@H]1CCC[C@@]1(N)C(=O)O[C@H](C)c1ccccc1. The first kappa shape index (κ1) is 14.8. The van der Waals surface area contributed by atoms with Crippen molar-refractivity contribution in [1.82, 2.24) is 0 Å². The average molecular weight is 273 g/mol. The molecular formula is C17H23NO2. The van der Waals surface area contributed by atoms with Gasteiger partial charge in [0.05, 0.1) is 0 Å². The molecule has 1 saturated carbocycles. The topological polar surface area (TPSA) is 52.3 Å². The Hall–Kier alpha value is -1.61. The zero-order chi connectivity index (χ0) is 14.6. The van der Waals surface area contributed by atoms with Crippen LogP contribution in [0.1, 0.15) is 44.3 Å². The zero-order valence-corrected chi connectivity index (χ0v) is 12.0. The van der Waals surface area contributed by atoms with Gasteiger partial charge < -0.3 is 10.5 Å². The highest BCUT2D eigenvalue weighted by molar-refractivity contribution is 5.81. The minimum atomic E-state index is -0.850. The number of allylic oxidation sites excluding steroid dienone is 1. The molecule has 0 radical (unpaired) electrons. The molecule has 0 bridgehead atoms. The molecule has 0 amide bonds. The molecule has 3 heteroatoms. The first-order valence-electron chi connectivity index (χ1n) is 7.23. The quantitative estimate of drug-likeness (QED) is 0.661. The third-order valence-electron chi connectivity index (χ3n) is 4.26. The lowest BCUT2D eigenvalue weighted by molar-refractivity contribution is -0.156. The summed E-state index contributed by atoms with van der Waals surface area (Å²) in [4.78, 5) is 12.5. The highest BCUT2D eigenvalue weighted by Gasteiger charge is 2.46. The Morgan fingerprint density at radius 1 is 1.55 bits per heavy atom. The van der Waals surface area contributed by atoms with Gasteiger partial charge in [0.25, 0.3) is 0 Å². The van der Waals surface area contributed by atoms with E-state index >= 15 is 0 Å². The van der Waals surface area contributed by atoms with Crippen molar-refractivity contribution in [2.75, 3.05) is 0 Å². The smallest absolute Gasteiger partial charge is 0.327 e. The molecule has 1 fully saturated rings. The number of carbonyl (C=O) groups excluding carboxylic acids is 1. The normalized spacial score (nSPS) is 27.0. The minimum absolute atomic E-state index is 0.149. The fraction of sp³-hybridized carbons (Fsp3) is 0.471. The molecule has 108 valence electrons. The summed E-state index contributed by atoms with van der Waals surface area (Å²) in [5.74, 6) is -0.131. The Kier molecular flexibility index (Phi) is 4.61. The molecule has 1 aromatic carbocycles. The maximum absolute atomic E-state index is 12.5. The Morgan fingerprint density at radius 3 is 2.90 bits per heavy atom. The fourth-order valence-corrected chi connectivity index (χ4v) is 2.96. The largest absolute Gasteiger partial charge is 0.456 e. The van der Waals surface area contributed by atoms with Gasteiger partial charge in [0.2, 0.25) is 0 Å². The molecular weight excluding hydrogens is 250 g/mol. The molecule has 1 aliphatic carbocycles. The monoisotopic (exact) mass is 273 g/mol. The van der Waals surface area contributed by atoms with Gasteiger partial charge in [-0.1, -0.05) is 42.8 Å². The Balaban J connectivity index is 2.05. The van der Waals surface area contributed by atoms with E-state index in [1.165, 1.54) is 0 Å². The summed E-state index contributed by atoms with van der Waals surface area (Å²) < 4.78 is 5.60. The summed E-state index contributed by atoms with van der Waals surface area (Å²) in [6, 6.07) is 9.73. The number of esters is 1. The molecule has 2 N–H and O–H groups in total. The zero-order valence-electron chi connectivity index (χ0n) is 12.0. The summed E-state index contributed by atoms with van der Waals surface area (Å²) in [6.07, 6.45) is 4.98. The summed E-state index contributed by atoms with van der Waals surface area (Å²) >= 11 is 0. The number of nitrogens with two attached hydrogens (primary N) is 1. The van der Waals surface area contributed by atoms with Crippen LogP contribution in [0.25, 0.3) is 0 Å². The number of carbonyl (C=O) groups is 1. The lowest BCUT2D eigenvalue weighted by Gasteiger charge is -2.30. The van der Waals surface area contributed by atoms with Crippen molar-refractivity contribution >= 4 is 5.97 Å². The van der Waals surface area contributed by atoms with Gasteiger partial charge in [-0.25, -0.2) is 0 Å². The molecule has 3 nitrogen and oxygen atoms in total. The van der Waals surface area contributed by atoms with Crippen LogP contribution in [-0.2, 0) is 9.53 Å². The minimum Gasteiger partial charge on any atom is -0.456 e. The van der Waals surface area contributed by atoms with Gasteiger partial charge >= 0.3 is 5.97 Å². The summed E-state index contributed by atoms with van der Waals surface area (Å²) in [6.45, 7) is 5.63. The van der Waals surface area contributed by atoms with Crippen LogP contribution in [0, 0.1) is 5.92 Å². The Labute approximate surface area is 120 Å². The molecule has 1 aromatic rings. The second-order valence-corrected chi connectivity index (χ2v) is 5.61. The van der Waals surface area contributed by atoms with Gasteiger partial charge in [0.15, 0.2) is 0 Å². The van der Waals surface area contributed by atoms with Crippen molar-refractivity contribution in [3.63, 3.8) is 0 Å². The molecule has 20 heavy (non-hydrogen) atoms. The lowest BCUT2D eigenvalue weighted by Crippen LogP contribution is -2.52. The second kappa shape index (κ2) is 6.23. The standard InChI is InChI=1S/C17H23NO2/c1-3-8-15-11-7-12-17(15,18)16(19)20-13(2)14-9-5-4-6-10-14/h3-6,9-10,13,15H,1,7-8,11-12,18H2,2H3/t13-,15+,17+/m1/s1. The Bertz CT molecular complexity index is 471. The number of benzene rings is 1. The molecule has 0 saturated heterocycles. The molecule has 0 spiro atoms. The van der Waals surface area contributed by atoms with Gasteiger partial charge in [-0.3, -0.25) is 4.79 Å². The first-order valence-corrected chi connectivity index (χ1v) is 7.23. The van der Waals surface area contributed by atoms with Crippen molar-refractivity contribution in [2.24, 2.45) is 11.7 Å². The highest BCUT2D eigenvalue weighted by atomic mass is 16.5. The van der Waals surface area contributed by atoms with Crippen LogP contribution >= 0.6 is 0 Å². The van der Waals surface area contributed by atoms with Crippen molar-refractivity contribution < 1.29 is 9.53 Å². The maximum Gasteiger partial charge on any atom is 0.327 e. The highest BCUT2D eigenvalue weighted by Crippen LogP contribution is 2.38. The van der Waals surface area contributed by atoms with E-state index in [0.29, 0.717) is 6.42 Å². The Morgan fingerprint density at radius 2 is 2.25 bits per heavy atom. The molecule has 0 aliphatic heterocycles. The second-order valence-electron chi connectivity index (χ2n) is 5.61. The van der Waals surface area contributed by atoms with Gasteiger partial charge in [-0.2, -0.15) is 0 Å². The van der Waals surface area contributed by atoms with Gasteiger partial charge in [-0.05, 0) is 37.7 Å². The van der Waals surface area contributed by atoms with Gasteiger partial charge in [0, 0.05) is 0 Å². The third-order valence-corrected chi connectivity index (χ3v) is 4.26. The number of hydrogen-bond donors (Lipinski definition) is 1. The van der Waals surface area contributed by atoms with E-state index in [9.17, 15) is 4.79 Å². The molecule has 1 aliphatic rings. The predicted molar refractivity (Wildman–Crippen MR) is 80.0 cm³/mol. The van der Waals surface area contributed by atoms with E-state index in [1.807, 2.05) is 43.3 Å². The summed E-state index contributed by atoms with van der Waals surface area (Å²) in [5.41, 5.74) is 6.48. The van der Waals surface area contributed by atoms with Crippen LogP contribution in [0.2, 0.25) is 0 Å². The number of ether oxygens (including phenoxy) is 1. The van der Waals surface area contributed by atoms with E-state index in [0.717, 1.165) is 24.8 Å². The molecule has 0 unspecified atom stereocenters. The molecule has 0 aromatic heterocycles. The number of hydrogen-bond acceptors (Lipinski definition) is 3. The lowest BCUT2D eigenvalue weighted by atomic mass is 9.85. The predicted octanol–water partition coefficient (Wildman–Crippen LogP) is 3.36. The molecule has 0 heterocycles. The van der Waals surface area contributed by atoms with Crippen LogP contribution in [0.15, 0.2) is 43.0 Å². The van der Waals surface area contributed by atoms with E-state index in [2.05, 4.69) is 6.58 Å². The van der Waals surface area contributed by atoms with Crippen molar-refractivity contribution in [1.29, 1.82) is 0 Å². The number of rotatable bonds is 5. The van der Waals surface area contributed by atoms with Crippen LogP contribution in [0.3, 0.4) is 0 Å².